The summed E-state index contributed by atoms with van der Waals surface area (Å²) < 4.78 is 0. The SMILES string of the molecule is CC(C)CC(CN)(CO)Cc1cccs1. The Morgan fingerprint density at radius 2 is 2.27 bits per heavy atom. The van der Waals surface area contributed by atoms with E-state index in [1.807, 2.05) is 6.07 Å². The van der Waals surface area contributed by atoms with Crippen molar-refractivity contribution < 1.29 is 5.11 Å². The molecule has 1 aromatic rings. The van der Waals surface area contributed by atoms with Crippen LogP contribution in [-0.4, -0.2) is 18.3 Å². The van der Waals surface area contributed by atoms with Gasteiger partial charge in [-0.15, -0.1) is 11.3 Å². The second-order valence-electron chi connectivity index (χ2n) is 4.72. The number of rotatable bonds is 6. The van der Waals surface area contributed by atoms with Gasteiger partial charge in [-0.1, -0.05) is 19.9 Å². The van der Waals surface area contributed by atoms with Crippen LogP contribution in [0.2, 0.25) is 0 Å². The molecule has 1 unspecified atom stereocenters. The normalized spacial score (nSPS) is 15.5. The van der Waals surface area contributed by atoms with Crippen LogP contribution in [0.4, 0.5) is 0 Å². The minimum atomic E-state index is -0.126. The molecule has 0 aliphatic rings. The van der Waals surface area contributed by atoms with Crippen LogP contribution < -0.4 is 5.73 Å². The second-order valence-corrected chi connectivity index (χ2v) is 5.75. The van der Waals surface area contributed by atoms with Gasteiger partial charge in [0.25, 0.3) is 0 Å². The molecule has 1 aromatic heterocycles. The fourth-order valence-electron chi connectivity index (χ4n) is 2.06. The van der Waals surface area contributed by atoms with Gasteiger partial charge < -0.3 is 10.8 Å². The molecule has 0 radical (unpaired) electrons. The van der Waals surface area contributed by atoms with Gasteiger partial charge in [-0.2, -0.15) is 0 Å². The summed E-state index contributed by atoms with van der Waals surface area (Å²) in [5.74, 6) is 0.570. The first-order chi connectivity index (χ1) is 7.12. The van der Waals surface area contributed by atoms with E-state index >= 15 is 0 Å². The molecule has 2 nitrogen and oxygen atoms in total. The number of aliphatic hydroxyl groups excluding tert-OH is 1. The van der Waals surface area contributed by atoms with E-state index in [0.29, 0.717) is 12.5 Å². The first-order valence-electron chi connectivity index (χ1n) is 5.45. The molecule has 0 spiro atoms. The Kier molecular flexibility index (Phi) is 4.77. The lowest BCUT2D eigenvalue weighted by Gasteiger charge is -2.31. The van der Waals surface area contributed by atoms with Gasteiger partial charge in [0.2, 0.25) is 0 Å². The van der Waals surface area contributed by atoms with Crippen LogP contribution >= 0.6 is 11.3 Å². The van der Waals surface area contributed by atoms with Crippen molar-refractivity contribution >= 4 is 11.3 Å². The molecule has 86 valence electrons. The summed E-state index contributed by atoms with van der Waals surface area (Å²) in [7, 11) is 0. The van der Waals surface area contributed by atoms with Gasteiger partial charge in [-0.3, -0.25) is 0 Å². The largest absolute Gasteiger partial charge is 0.396 e. The predicted molar refractivity (Wildman–Crippen MR) is 66.1 cm³/mol. The van der Waals surface area contributed by atoms with E-state index in [9.17, 15) is 5.11 Å². The topological polar surface area (TPSA) is 46.2 Å². The zero-order valence-electron chi connectivity index (χ0n) is 9.57. The molecule has 1 atom stereocenters. The number of hydrogen-bond donors (Lipinski definition) is 2. The lowest BCUT2D eigenvalue weighted by atomic mass is 9.77. The lowest BCUT2D eigenvalue weighted by Crippen LogP contribution is -2.37. The summed E-state index contributed by atoms with van der Waals surface area (Å²) >= 11 is 1.74. The standard InChI is InChI=1S/C12H21NOS/c1-10(2)6-12(8-13,9-14)7-11-4-3-5-15-11/h3-5,10,14H,6-9,13H2,1-2H3. The van der Waals surface area contributed by atoms with Crippen molar-refractivity contribution in [2.75, 3.05) is 13.2 Å². The highest BCUT2D eigenvalue weighted by atomic mass is 32.1. The summed E-state index contributed by atoms with van der Waals surface area (Å²) in [6.45, 7) is 5.09. The smallest absolute Gasteiger partial charge is 0.0503 e. The Morgan fingerprint density at radius 1 is 1.53 bits per heavy atom. The Balaban J connectivity index is 2.71. The van der Waals surface area contributed by atoms with E-state index in [2.05, 4.69) is 25.3 Å². The monoisotopic (exact) mass is 227 g/mol. The average Bonchev–Trinajstić information content (AvgIpc) is 2.68. The highest BCUT2D eigenvalue weighted by molar-refractivity contribution is 7.09. The first-order valence-corrected chi connectivity index (χ1v) is 6.33. The number of hydrogen-bond acceptors (Lipinski definition) is 3. The fourth-order valence-corrected chi connectivity index (χ4v) is 2.94. The molecular weight excluding hydrogens is 206 g/mol. The van der Waals surface area contributed by atoms with Crippen LogP contribution in [0.3, 0.4) is 0 Å². The molecule has 1 rings (SSSR count). The average molecular weight is 227 g/mol. The minimum absolute atomic E-state index is 0.126. The van der Waals surface area contributed by atoms with Crippen molar-refractivity contribution in [1.82, 2.24) is 0 Å². The Bertz CT molecular complexity index is 265. The summed E-state index contributed by atoms with van der Waals surface area (Å²) in [5.41, 5.74) is 5.70. The van der Waals surface area contributed by atoms with E-state index in [1.54, 1.807) is 11.3 Å². The molecule has 0 aromatic carbocycles. The summed E-state index contributed by atoms with van der Waals surface area (Å²) in [6.07, 6.45) is 1.88. The van der Waals surface area contributed by atoms with Crippen LogP contribution in [0.1, 0.15) is 25.1 Å². The maximum atomic E-state index is 9.55. The number of thiophene rings is 1. The first kappa shape index (κ1) is 12.7. The predicted octanol–water partition coefficient (Wildman–Crippen LogP) is 2.27. The maximum Gasteiger partial charge on any atom is 0.0503 e. The van der Waals surface area contributed by atoms with Gasteiger partial charge in [0.15, 0.2) is 0 Å². The minimum Gasteiger partial charge on any atom is -0.396 e. The van der Waals surface area contributed by atoms with Crippen LogP contribution in [0.15, 0.2) is 17.5 Å². The molecule has 3 heteroatoms. The van der Waals surface area contributed by atoms with Gasteiger partial charge in [-0.25, -0.2) is 0 Å². The molecule has 0 aliphatic heterocycles. The van der Waals surface area contributed by atoms with Crippen molar-refractivity contribution in [1.29, 1.82) is 0 Å². The van der Waals surface area contributed by atoms with Crippen LogP contribution in [-0.2, 0) is 6.42 Å². The zero-order chi connectivity index (χ0) is 11.3. The van der Waals surface area contributed by atoms with E-state index in [0.717, 1.165) is 12.8 Å². The molecular formula is C12H21NOS. The van der Waals surface area contributed by atoms with Gasteiger partial charge in [-0.05, 0) is 30.2 Å². The van der Waals surface area contributed by atoms with E-state index in [1.165, 1.54) is 4.88 Å². The molecule has 0 saturated heterocycles. The second kappa shape index (κ2) is 5.64. The Labute approximate surface area is 96.1 Å². The molecule has 0 bridgehead atoms. The Hall–Kier alpha value is -0.380. The van der Waals surface area contributed by atoms with Gasteiger partial charge in [0.05, 0.1) is 6.61 Å². The third kappa shape index (κ3) is 3.59. The lowest BCUT2D eigenvalue weighted by molar-refractivity contribution is 0.109. The molecule has 0 fully saturated rings. The fraction of sp³-hybridized carbons (Fsp3) is 0.667. The molecule has 1 heterocycles. The van der Waals surface area contributed by atoms with Crippen molar-refractivity contribution in [3.8, 4) is 0 Å². The summed E-state index contributed by atoms with van der Waals surface area (Å²) in [5, 5.41) is 11.6. The molecule has 0 aliphatic carbocycles. The summed E-state index contributed by atoms with van der Waals surface area (Å²) in [6, 6.07) is 4.17. The van der Waals surface area contributed by atoms with Crippen molar-refractivity contribution in [3.05, 3.63) is 22.4 Å². The zero-order valence-corrected chi connectivity index (χ0v) is 10.4. The van der Waals surface area contributed by atoms with Crippen LogP contribution in [0, 0.1) is 11.3 Å². The molecule has 15 heavy (non-hydrogen) atoms. The Morgan fingerprint density at radius 3 is 2.67 bits per heavy atom. The highest BCUT2D eigenvalue weighted by Gasteiger charge is 2.29. The van der Waals surface area contributed by atoms with E-state index in [4.69, 9.17) is 5.73 Å². The number of aliphatic hydroxyl groups is 1. The van der Waals surface area contributed by atoms with Gasteiger partial charge >= 0.3 is 0 Å². The van der Waals surface area contributed by atoms with Crippen molar-refractivity contribution in [2.45, 2.75) is 26.7 Å². The van der Waals surface area contributed by atoms with E-state index < -0.39 is 0 Å². The quantitative estimate of drug-likeness (QED) is 0.783. The van der Waals surface area contributed by atoms with Gasteiger partial charge in [0.1, 0.15) is 0 Å². The third-order valence-corrected chi connectivity index (χ3v) is 3.62. The number of nitrogens with two attached hydrogens (primary N) is 1. The van der Waals surface area contributed by atoms with Gasteiger partial charge in [0, 0.05) is 16.8 Å². The molecule has 0 amide bonds. The van der Waals surface area contributed by atoms with Crippen LogP contribution in [0.25, 0.3) is 0 Å². The molecule has 0 saturated carbocycles. The van der Waals surface area contributed by atoms with E-state index in [-0.39, 0.29) is 12.0 Å². The maximum absolute atomic E-state index is 9.55. The summed E-state index contributed by atoms with van der Waals surface area (Å²) in [4.78, 5) is 1.31. The van der Waals surface area contributed by atoms with Crippen molar-refractivity contribution in [2.24, 2.45) is 17.1 Å². The third-order valence-electron chi connectivity index (χ3n) is 2.74. The van der Waals surface area contributed by atoms with Crippen LogP contribution in [0.5, 0.6) is 0 Å². The molecule has 3 N–H and O–H groups in total. The highest BCUT2D eigenvalue weighted by Crippen LogP contribution is 2.30. The van der Waals surface area contributed by atoms with Crippen molar-refractivity contribution in [3.63, 3.8) is 0 Å².